The zero-order valence-electron chi connectivity index (χ0n) is 6.14. The second-order valence-corrected chi connectivity index (χ2v) is 3.09. The van der Waals surface area contributed by atoms with Crippen molar-refractivity contribution in [1.29, 1.82) is 0 Å². The lowest BCUT2D eigenvalue weighted by molar-refractivity contribution is -0.138. The molecule has 1 aromatic rings. The van der Waals surface area contributed by atoms with Crippen LogP contribution in [-0.2, 0) is 11.3 Å². The summed E-state index contributed by atoms with van der Waals surface area (Å²) >= 11 is 3.20. The first-order valence-corrected chi connectivity index (χ1v) is 4.06. The van der Waals surface area contributed by atoms with Crippen LogP contribution in [0.4, 0.5) is 0 Å². The maximum absolute atomic E-state index is 10.4. The fourth-order valence-corrected chi connectivity index (χ4v) is 1.07. The largest absolute Gasteiger partial charge is 0.480 e. The number of halogens is 1. The lowest BCUT2D eigenvalue weighted by atomic mass is 10.3. The van der Waals surface area contributed by atoms with E-state index in [-0.39, 0.29) is 6.54 Å². The molecule has 0 radical (unpaired) electrons. The van der Waals surface area contributed by atoms with E-state index in [0.29, 0.717) is 0 Å². The van der Waals surface area contributed by atoms with E-state index >= 15 is 0 Å². The van der Waals surface area contributed by atoms with Crippen molar-refractivity contribution in [3.63, 3.8) is 0 Å². The molecule has 66 valence electrons. The summed E-state index contributed by atoms with van der Waals surface area (Å²) in [5, 5.41) is 12.4. The first-order chi connectivity index (χ1) is 5.61. The average molecular weight is 234 g/mol. The number of rotatable bonds is 3. The summed E-state index contributed by atoms with van der Waals surface area (Å²) < 4.78 is 2.21. The van der Waals surface area contributed by atoms with E-state index in [1.807, 2.05) is 0 Å². The Labute approximate surface area is 77.3 Å². The fourth-order valence-electron chi connectivity index (χ4n) is 0.715. The van der Waals surface area contributed by atoms with Gasteiger partial charge in [0.15, 0.2) is 0 Å². The molecule has 1 heterocycles. The Bertz CT molecular complexity index is 286. The van der Waals surface area contributed by atoms with Gasteiger partial charge in [-0.25, -0.2) is 0 Å². The molecule has 0 spiro atoms. The number of aromatic nitrogens is 2. The molecule has 0 bridgehead atoms. The van der Waals surface area contributed by atoms with Crippen molar-refractivity contribution in [2.75, 3.05) is 0 Å². The Morgan fingerprint density at radius 3 is 3.00 bits per heavy atom. The van der Waals surface area contributed by atoms with Crippen molar-refractivity contribution in [1.82, 2.24) is 9.78 Å². The smallest absolute Gasteiger partial charge is 0.322 e. The molecule has 1 atom stereocenters. The Kier molecular flexibility index (Phi) is 2.83. The van der Waals surface area contributed by atoms with Crippen molar-refractivity contribution in [3.8, 4) is 0 Å². The monoisotopic (exact) mass is 233 g/mol. The van der Waals surface area contributed by atoms with Gasteiger partial charge in [0.1, 0.15) is 10.6 Å². The van der Waals surface area contributed by atoms with Crippen LogP contribution in [0, 0.1) is 0 Å². The molecule has 0 aliphatic heterocycles. The van der Waals surface area contributed by atoms with Crippen LogP contribution in [-0.4, -0.2) is 26.9 Å². The topological polar surface area (TPSA) is 81.1 Å². The number of aliphatic carboxylic acids is 1. The summed E-state index contributed by atoms with van der Waals surface area (Å²) in [4.78, 5) is 10.4. The normalized spacial score (nSPS) is 12.8. The van der Waals surface area contributed by atoms with Gasteiger partial charge >= 0.3 is 5.97 Å². The van der Waals surface area contributed by atoms with Gasteiger partial charge in [0.25, 0.3) is 0 Å². The highest BCUT2D eigenvalue weighted by Crippen LogP contribution is 2.07. The van der Waals surface area contributed by atoms with Gasteiger partial charge in [0.2, 0.25) is 0 Å². The number of carboxylic acid groups (broad SMARTS) is 1. The average Bonchev–Trinajstić information content (AvgIpc) is 2.36. The van der Waals surface area contributed by atoms with E-state index in [1.54, 1.807) is 12.3 Å². The zero-order chi connectivity index (χ0) is 9.14. The molecule has 1 aromatic heterocycles. The molecular weight excluding hydrogens is 226 g/mol. The molecule has 3 N–H and O–H groups in total. The van der Waals surface area contributed by atoms with Crippen LogP contribution in [0.3, 0.4) is 0 Å². The number of carbonyl (C=O) groups is 1. The minimum absolute atomic E-state index is 0.170. The maximum Gasteiger partial charge on any atom is 0.322 e. The fraction of sp³-hybridized carbons (Fsp3) is 0.333. The van der Waals surface area contributed by atoms with E-state index in [4.69, 9.17) is 10.8 Å². The molecule has 0 amide bonds. The molecule has 0 saturated heterocycles. The molecule has 1 rings (SSSR count). The lowest BCUT2D eigenvalue weighted by Gasteiger charge is -2.06. The van der Waals surface area contributed by atoms with Gasteiger partial charge < -0.3 is 10.8 Å². The number of nitrogens with zero attached hydrogens (tertiary/aromatic N) is 2. The highest BCUT2D eigenvalue weighted by Gasteiger charge is 2.13. The molecule has 12 heavy (non-hydrogen) atoms. The van der Waals surface area contributed by atoms with Gasteiger partial charge in [-0.1, -0.05) is 0 Å². The number of carboxylic acids is 1. The molecular formula is C6H8BrN3O2. The molecule has 0 fully saturated rings. The number of hydrogen-bond acceptors (Lipinski definition) is 3. The van der Waals surface area contributed by atoms with E-state index in [0.717, 1.165) is 4.60 Å². The second-order valence-electron chi connectivity index (χ2n) is 2.28. The summed E-state index contributed by atoms with van der Waals surface area (Å²) in [6.45, 7) is 0.170. The second kappa shape index (κ2) is 3.68. The van der Waals surface area contributed by atoms with Crippen LogP contribution < -0.4 is 5.73 Å². The van der Waals surface area contributed by atoms with Crippen LogP contribution in [0.25, 0.3) is 0 Å². The Morgan fingerprint density at radius 2 is 2.58 bits per heavy atom. The first kappa shape index (κ1) is 9.21. The van der Waals surface area contributed by atoms with Crippen molar-refractivity contribution < 1.29 is 9.90 Å². The third-order valence-electron chi connectivity index (χ3n) is 1.35. The molecule has 0 saturated carbocycles. The lowest BCUT2D eigenvalue weighted by Crippen LogP contribution is -2.35. The molecule has 0 unspecified atom stereocenters. The van der Waals surface area contributed by atoms with Gasteiger partial charge in [-0.05, 0) is 22.0 Å². The van der Waals surface area contributed by atoms with Gasteiger partial charge in [0, 0.05) is 0 Å². The highest BCUT2D eigenvalue weighted by molar-refractivity contribution is 9.10. The predicted octanol–water partition coefficient (Wildman–Crippen LogP) is 0.0575. The van der Waals surface area contributed by atoms with Gasteiger partial charge in [-0.15, -0.1) is 0 Å². The Balaban J connectivity index is 2.64. The Hall–Kier alpha value is -0.880. The quantitative estimate of drug-likeness (QED) is 0.774. The van der Waals surface area contributed by atoms with Gasteiger partial charge in [-0.2, -0.15) is 5.10 Å². The molecule has 0 aliphatic carbocycles. The summed E-state index contributed by atoms with van der Waals surface area (Å²) in [5.74, 6) is -1.03. The highest BCUT2D eigenvalue weighted by atomic mass is 79.9. The van der Waals surface area contributed by atoms with Crippen LogP contribution in [0.2, 0.25) is 0 Å². The standard InChI is InChI=1S/C6H8BrN3O2/c7-5-1-2-9-10(5)3-4(8)6(11)12/h1-2,4H,3,8H2,(H,11,12)/t4-/m1/s1. The predicted molar refractivity (Wildman–Crippen MR) is 45.5 cm³/mol. The summed E-state index contributed by atoms with van der Waals surface area (Å²) in [6.07, 6.45) is 1.57. The van der Waals surface area contributed by atoms with Gasteiger partial charge in [-0.3, -0.25) is 9.48 Å². The zero-order valence-corrected chi connectivity index (χ0v) is 7.73. The minimum atomic E-state index is -1.03. The van der Waals surface area contributed by atoms with Crippen molar-refractivity contribution in [2.24, 2.45) is 5.73 Å². The van der Waals surface area contributed by atoms with E-state index < -0.39 is 12.0 Å². The van der Waals surface area contributed by atoms with E-state index in [9.17, 15) is 4.79 Å². The minimum Gasteiger partial charge on any atom is -0.480 e. The maximum atomic E-state index is 10.4. The molecule has 6 heteroatoms. The van der Waals surface area contributed by atoms with Crippen LogP contribution in [0.15, 0.2) is 16.9 Å². The van der Waals surface area contributed by atoms with Crippen LogP contribution in [0.1, 0.15) is 0 Å². The summed E-state index contributed by atoms with van der Waals surface area (Å²) in [5.41, 5.74) is 5.30. The van der Waals surface area contributed by atoms with Crippen molar-refractivity contribution >= 4 is 21.9 Å². The van der Waals surface area contributed by atoms with Crippen LogP contribution in [0.5, 0.6) is 0 Å². The Morgan fingerprint density at radius 1 is 1.92 bits per heavy atom. The molecule has 5 nitrogen and oxygen atoms in total. The number of hydrogen-bond donors (Lipinski definition) is 2. The van der Waals surface area contributed by atoms with Gasteiger partial charge in [0.05, 0.1) is 12.7 Å². The number of nitrogens with two attached hydrogens (primary N) is 1. The summed E-state index contributed by atoms with van der Waals surface area (Å²) in [6, 6.07) is 0.801. The third kappa shape index (κ3) is 2.05. The van der Waals surface area contributed by atoms with E-state index in [2.05, 4.69) is 21.0 Å². The molecule has 0 aliphatic rings. The SMILES string of the molecule is N[C@H](Cn1nccc1Br)C(=O)O. The first-order valence-electron chi connectivity index (χ1n) is 3.27. The third-order valence-corrected chi connectivity index (χ3v) is 2.03. The van der Waals surface area contributed by atoms with E-state index in [1.165, 1.54) is 4.68 Å². The van der Waals surface area contributed by atoms with Crippen LogP contribution >= 0.6 is 15.9 Å². The summed E-state index contributed by atoms with van der Waals surface area (Å²) in [7, 11) is 0. The van der Waals surface area contributed by atoms with Crippen molar-refractivity contribution in [3.05, 3.63) is 16.9 Å². The van der Waals surface area contributed by atoms with Crippen molar-refractivity contribution in [2.45, 2.75) is 12.6 Å². The molecule has 0 aromatic carbocycles.